The van der Waals surface area contributed by atoms with Crippen LogP contribution in [-0.2, 0) is 6.54 Å². The first-order chi connectivity index (χ1) is 11.8. The van der Waals surface area contributed by atoms with Gasteiger partial charge < -0.3 is 9.88 Å². The number of aromatic nitrogens is 1. The van der Waals surface area contributed by atoms with E-state index < -0.39 is 0 Å². The van der Waals surface area contributed by atoms with E-state index in [2.05, 4.69) is 23.5 Å². The summed E-state index contributed by atoms with van der Waals surface area (Å²) in [6.45, 7) is 3.16. The molecule has 1 aliphatic heterocycles. The SMILES string of the molecule is O=c1cc(-c2ccccc2)ccn1CC1CCCC12CCCNC2. The standard InChI is InChI=1S/C21H26N2O/c24-20-14-18(17-6-2-1-3-7-17)9-13-23(20)15-19-8-4-10-21(19)11-5-12-22-16-21/h1-3,6-7,9,13-14,19,22H,4-5,8,10-12,15-16H2. The first kappa shape index (κ1) is 15.6. The van der Waals surface area contributed by atoms with E-state index in [-0.39, 0.29) is 5.56 Å². The average molecular weight is 322 g/mol. The Kier molecular flexibility index (Phi) is 4.28. The van der Waals surface area contributed by atoms with Crippen molar-refractivity contribution < 1.29 is 0 Å². The Morgan fingerprint density at radius 3 is 2.67 bits per heavy atom. The highest BCUT2D eigenvalue weighted by atomic mass is 16.1. The molecule has 1 saturated carbocycles. The zero-order chi connectivity index (χ0) is 16.4. The lowest BCUT2D eigenvalue weighted by molar-refractivity contribution is 0.130. The summed E-state index contributed by atoms with van der Waals surface area (Å²) in [5, 5.41) is 3.59. The Morgan fingerprint density at radius 1 is 1.08 bits per heavy atom. The van der Waals surface area contributed by atoms with Gasteiger partial charge in [0, 0.05) is 25.4 Å². The lowest BCUT2D eigenvalue weighted by Crippen LogP contribution is -2.44. The van der Waals surface area contributed by atoms with Gasteiger partial charge in [-0.1, -0.05) is 36.8 Å². The van der Waals surface area contributed by atoms with E-state index in [1.54, 1.807) is 6.07 Å². The molecule has 1 aromatic carbocycles. The van der Waals surface area contributed by atoms with Crippen LogP contribution in [-0.4, -0.2) is 17.7 Å². The number of nitrogens with one attached hydrogen (secondary N) is 1. The Balaban J connectivity index is 1.56. The third kappa shape index (κ3) is 2.93. The van der Waals surface area contributed by atoms with Crippen LogP contribution in [0.4, 0.5) is 0 Å². The molecule has 2 fully saturated rings. The molecule has 2 heterocycles. The summed E-state index contributed by atoms with van der Waals surface area (Å²) in [5.74, 6) is 0.630. The van der Waals surface area contributed by atoms with Crippen LogP contribution in [0.1, 0.15) is 32.1 Å². The van der Waals surface area contributed by atoms with Crippen molar-refractivity contribution in [1.82, 2.24) is 9.88 Å². The van der Waals surface area contributed by atoms with E-state index in [0.29, 0.717) is 11.3 Å². The zero-order valence-corrected chi connectivity index (χ0v) is 14.2. The fourth-order valence-corrected chi connectivity index (χ4v) is 4.76. The number of benzene rings is 1. The van der Waals surface area contributed by atoms with Crippen LogP contribution in [0.5, 0.6) is 0 Å². The number of nitrogens with zero attached hydrogens (tertiary/aromatic N) is 1. The van der Waals surface area contributed by atoms with Crippen molar-refractivity contribution in [2.45, 2.75) is 38.6 Å². The van der Waals surface area contributed by atoms with Crippen molar-refractivity contribution in [3.05, 3.63) is 59.0 Å². The molecule has 0 radical (unpaired) electrons. The smallest absolute Gasteiger partial charge is 0.251 e. The Morgan fingerprint density at radius 2 is 1.92 bits per heavy atom. The lowest BCUT2D eigenvalue weighted by Gasteiger charge is -2.39. The van der Waals surface area contributed by atoms with E-state index in [1.165, 1.54) is 32.1 Å². The number of pyridine rings is 1. The monoisotopic (exact) mass is 322 g/mol. The second-order valence-electron chi connectivity index (χ2n) is 7.50. The molecule has 2 aromatic rings. The fourth-order valence-electron chi connectivity index (χ4n) is 4.76. The second-order valence-corrected chi connectivity index (χ2v) is 7.50. The first-order valence-electron chi connectivity index (χ1n) is 9.24. The number of piperidine rings is 1. The zero-order valence-electron chi connectivity index (χ0n) is 14.2. The molecular formula is C21H26N2O. The van der Waals surface area contributed by atoms with Gasteiger partial charge in [-0.2, -0.15) is 0 Å². The molecule has 2 aliphatic rings. The summed E-state index contributed by atoms with van der Waals surface area (Å²) in [6.07, 6.45) is 8.48. The van der Waals surface area contributed by atoms with Crippen molar-refractivity contribution in [3.63, 3.8) is 0 Å². The Hall–Kier alpha value is -1.87. The molecule has 1 saturated heterocycles. The minimum Gasteiger partial charge on any atom is -0.316 e. The molecular weight excluding hydrogens is 296 g/mol. The van der Waals surface area contributed by atoms with E-state index >= 15 is 0 Å². The van der Waals surface area contributed by atoms with Crippen molar-refractivity contribution in [2.75, 3.05) is 13.1 Å². The predicted octanol–water partition coefficient (Wildman–Crippen LogP) is 3.69. The van der Waals surface area contributed by atoms with Gasteiger partial charge in [0.05, 0.1) is 0 Å². The maximum Gasteiger partial charge on any atom is 0.251 e. The molecule has 126 valence electrons. The third-order valence-electron chi connectivity index (χ3n) is 6.12. The number of hydrogen-bond donors (Lipinski definition) is 1. The molecule has 4 rings (SSSR count). The summed E-state index contributed by atoms with van der Waals surface area (Å²) in [6, 6.07) is 14.0. The Bertz CT molecular complexity index is 744. The predicted molar refractivity (Wildman–Crippen MR) is 98.0 cm³/mol. The van der Waals surface area contributed by atoms with Crippen LogP contribution < -0.4 is 10.9 Å². The molecule has 2 atom stereocenters. The average Bonchev–Trinajstić information content (AvgIpc) is 3.00. The topological polar surface area (TPSA) is 34.0 Å². The van der Waals surface area contributed by atoms with E-state index in [9.17, 15) is 4.79 Å². The molecule has 0 amide bonds. The van der Waals surface area contributed by atoms with Crippen molar-refractivity contribution in [1.29, 1.82) is 0 Å². The number of hydrogen-bond acceptors (Lipinski definition) is 2. The fraction of sp³-hybridized carbons (Fsp3) is 0.476. The molecule has 1 N–H and O–H groups in total. The largest absolute Gasteiger partial charge is 0.316 e. The highest BCUT2D eigenvalue weighted by Gasteiger charge is 2.43. The van der Waals surface area contributed by atoms with Gasteiger partial charge in [0.25, 0.3) is 5.56 Å². The van der Waals surface area contributed by atoms with Crippen molar-refractivity contribution >= 4 is 0 Å². The third-order valence-corrected chi connectivity index (χ3v) is 6.12. The quantitative estimate of drug-likeness (QED) is 0.935. The van der Waals surface area contributed by atoms with Gasteiger partial charge in [-0.3, -0.25) is 4.79 Å². The molecule has 1 aromatic heterocycles. The van der Waals surface area contributed by atoms with E-state index in [4.69, 9.17) is 0 Å². The van der Waals surface area contributed by atoms with Crippen LogP contribution in [0.15, 0.2) is 53.5 Å². The molecule has 3 nitrogen and oxygen atoms in total. The van der Waals surface area contributed by atoms with Crippen molar-refractivity contribution in [3.8, 4) is 11.1 Å². The first-order valence-corrected chi connectivity index (χ1v) is 9.24. The highest BCUT2D eigenvalue weighted by molar-refractivity contribution is 5.62. The minimum atomic E-state index is 0.127. The molecule has 2 unspecified atom stereocenters. The van der Waals surface area contributed by atoms with Gasteiger partial charge >= 0.3 is 0 Å². The van der Waals surface area contributed by atoms with E-state index in [1.807, 2.05) is 29.0 Å². The van der Waals surface area contributed by atoms with Crippen LogP contribution in [0.3, 0.4) is 0 Å². The van der Waals surface area contributed by atoms with Gasteiger partial charge in [0.15, 0.2) is 0 Å². The van der Waals surface area contributed by atoms with Crippen LogP contribution in [0, 0.1) is 11.3 Å². The summed E-state index contributed by atoms with van der Waals surface area (Å²) >= 11 is 0. The van der Waals surface area contributed by atoms with E-state index in [0.717, 1.165) is 30.8 Å². The van der Waals surface area contributed by atoms with Crippen LogP contribution >= 0.6 is 0 Å². The van der Waals surface area contributed by atoms with Crippen molar-refractivity contribution in [2.24, 2.45) is 11.3 Å². The van der Waals surface area contributed by atoms with Gasteiger partial charge in [-0.15, -0.1) is 0 Å². The van der Waals surface area contributed by atoms with Crippen LogP contribution in [0.25, 0.3) is 11.1 Å². The Labute approximate surface area is 143 Å². The summed E-state index contributed by atoms with van der Waals surface area (Å²) in [7, 11) is 0. The van der Waals surface area contributed by atoms with Crippen LogP contribution in [0.2, 0.25) is 0 Å². The second kappa shape index (κ2) is 6.56. The summed E-state index contributed by atoms with van der Waals surface area (Å²) in [4.78, 5) is 12.6. The van der Waals surface area contributed by atoms with Gasteiger partial charge in [0.2, 0.25) is 0 Å². The molecule has 24 heavy (non-hydrogen) atoms. The molecule has 0 bridgehead atoms. The van der Waals surface area contributed by atoms with Gasteiger partial charge in [-0.05, 0) is 60.8 Å². The van der Waals surface area contributed by atoms with Gasteiger partial charge in [0.1, 0.15) is 0 Å². The summed E-state index contributed by atoms with van der Waals surface area (Å²) < 4.78 is 1.93. The lowest BCUT2D eigenvalue weighted by atomic mass is 9.72. The molecule has 3 heteroatoms. The summed E-state index contributed by atoms with van der Waals surface area (Å²) in [5.41, 5.74) is 2.67. The molecule has 1 spiro atoms. The minimum absolute atomic E-state index is 0.127. The normalized spacial score (nSPS) is 26.8. The molecule has 1 aliphatic carbocycles. The maximum atomic E-state index is 12.6. The number of rotatable bonds is 3. The van der Waals surface area contributed by atoms with Gasteiger partial charge in [-0.25, -0.2) is 0 Å². The highest BCUT2D eigenvalue weighted by Crippen LogP contribution is 2.48. The maximum absolute atomic E-state index is 12.6.